The Labute approximate surface area is 214 Å². The van der Waals surface area contributed by atoms with E-state index >= 15 is 0 Å². The Morgan fingerprint density at radius 3 is 2.69 bits per heavy atom. The fraction of sp³-hybridized carbons (Fsp3) is 0.520. The highest BCUT2D eigenvalue weighted by Crippen LogP contribution is 2.33. The van der Waals surface area contributed by atoms with Gasteiger partial charge < -0.3 is 14.8 Å². The monoisotopic (exact) mass is 520 g/mol. The Balaban J connectivity index is 1.78. The van der Waals surface area contributed by atoms with Gasteiger partial charge in [-0.05, 0) is 75.9 Å². The Morgan fingerprint density at radius 2 is 2.06 bits per heavy atom. The summed E-state index contributed by atoms with van der Waals surface area (Å²) in [7, 11) is 0. The Bertz CT molecular complexity index is 1060. The minimum atomic E-state index is -1.01. The number of aliphatic imine (C=N–C) groups is 1. The highest BCUT2D eigenvalue weighted by atomic mass is 32.2. The summed E-state index contributed by atoms with van der Waals surface area (Å²) in [5, 5.41) is 4.94. The van der Waals surface area contributed by atoms with E-state index in [9.17, 15) is 18.8 Å². The summed E-state index contributed by atoms with van der Waals surface area (Å²) in [5.74, 6) is -1.81. The predicted octanol–water partition coefficient (Wildman–Crippen LogP) is 4.24. The van der Waals surface area contributed by atoms with Crippen LogP contribution in [-0.4, -0.2) is 52.9 Å². The number of benzene rings is 1. The van der Waals surface area contributed by atoms with Crippen LogP contribution in [0.2, 0.25) is 0 Å². The predicted molar refractivity (Wildman–Crippen MR) is 137 cm³/mol. The molecule has 196 valence electrons. The molecule has 0 saturated carbocycles. The summed E-state index contributed by atoms with van der Waals surface area (Å²) in [6, 6.07) is 2.70. The summed E-state index contributed by atoms with van der Waals surface area (Å²) >= 11 is 1.20. The number of halogens is 1. The van der Waals surface area contributed by atoms with Crippen molar-refractivity contribution in [2.75, 3.05) is 13.1 Å². The van der Waals surface area contributed by atoms with Crippen molar-refractivity contribution in [3.63, 3.8) is 0 Å². The van der Waals surface area contributed by atoms with Crippen molar-refractivity contribution in [2.24, 2.45) is 10.9 Å². The Morgan fingerprint density at radius 1 is 1.31 bits per heavy atom. The summed E-state index contributed by atoms with van der Waals surface area (Å²) in [5.41, 5.74) is 2.80. The molecule has 2 aliphatic heterocycles. The second-order valence-corrected chi connectivity index (χ2v) is 11.0. The van der Waals surface area contributed by atoms with E-state index in [2.05, 4.69) is 15.7 Å². The smallest absolute Gasteiger partial charge is 0.408 e. The van der Waals surface area contributed by atoms with Gasteiger partial charge in [-0.15, -0.1) is 0 Å². The first-order valence-corrected chi connectivity index (χ1v) is 12.8. The maximum Gasteiger partial charge on any atom is 0.408 e. The summed E-state index contributed by atoms with van der Waals surface area (Å²) in [6.45, 7) is 10.5. The molecule has 2 heterocycles. The molecule has 2 amide bonds. The lowest BCUT2D eigenvalue weighted by molar-refractivity contribution is -0.137. The van der Waals surface area contributed by atoms with E-state index in [-0.39, 0.29) is 18.1 Å². The number of nitrogens with zero attached hydrogens (tertiary/aromatic N) is 2. The number of hydrogen-bond acceptors (Lipinski definition) is 8. The molecule has 0 aliphatic carbocycles. The quantitative estimate of drug-likeness (QED) is 0.326. The number of thioether (sulfide) groups is 1. The average Bonchev–Trinajstić information content (AvgIpc) is 3.14. The first-order chi connectivity index (χ1) is 16.9. The van der Waals surface area contributed by atoms with Crippen molar-refractivity contribution >= 4 is 41.0 Å². The van der Waals surface area contributed by atoms with Crippen molar-refractivity contribution in [1.82, 2.24) is 15.8 Å². The minimum absolute atomic E-state index is 0.0538. The molecule has 0 radical (unpaired) electrons. The molecule has 2 N–H and O–H groups in total. The summed E-state index contributed by atoms with van der Waals surface area (Å²) in [4.78, 5) is 42.3. The molecule has 0 bridgehead atoms. The molecule has 36 heavy (non-hydrogen) atoms. The normalized spacial score (nSPS) is 18.3. The number of esters is 1. The van der Waals surface area contributed by atoms with Gasteiger partial charge in [0.2, 0.25) is 0 Å². The van der Waals surface area contributed by atoms with Crippen molar-refractivity contribution in [3.05, 3.63) is 34.5 Å². The Kier molecular flexibility index (Phi) is 9.13. The number of alkyl carbamates (subject to hydrolysis) is 1. The molecule has 0 unspecified atom stereocenters. The number of ether oxygens (including phenoxy) is 2. The van der Waals surface area contributed by atoms with Crippen molar-refractivity contribution in [1.29, 1.82) is 0 Å². The number of carbonyl (C=O) groups is 3. The van der Waals surface area contributed by atoms with E-state index in [0.29, 0.717) is 15.6 Å². The van der Waals surface area contributed by atoms with Gasteiger partial charge in [-0.1, -0.05) is 13.8 Å². The van der Waals surface area contributed by atoms with Crippen LogP contribution in [0.15, 0.2) is 28.1 Å². The molecule has 3 rings (SSSR count). The zero-order valence-electron chi connectivity index (χ0n) is 21.2. The molecule has 11 heteroatoms. The number of amidine groups is 1. The lowest BCUT2D eigenvalue weighted by Gasteiger charge is -2.28. The van der Waals surface area contributed by atoms with Crippen LogP contribution in [0, 0.1) is 11.7 Å². The second-order valence-electron chi connectivity index (χ2n) is 10.0. The van der Waals surface area contributed by atoms with E-state index in [1.165, 1.54) is 30.0 Å². The number of nitrogens with one attached hydrogen (secondary N) is 2. The molecule has 2 aliphatic rings. The van der Waals surface area contributed by atoms with Gasteiger partial charge in [-0.3, -0.25) is 9.80 Å². The van der Waals surface area contributed by atoms with Crippen LogP contribution in [0.25, 0.3) is 6.08 Å². The van der Waals surface area contributed by atoms with Gasteiger partial charge in [-0.2, -0.15) is 4.99 Å². The van der Waals surface area contributed by atoms with Crippen LogP contribution in [0.5, 0.6) is 5.75 Å². The van der Waals surface area contributed by atoms with Gasteiger partial charge in [0.25, 0.3) is 5.91 Å². The van der Waals surface area contributed by atoms with Gasteiger partial charge in [0, 0.05) is 24.7 Å². The van der Waals surface area contributed by atoms with E-state index in [0.717, 1.165) is 32.0 Å². The molecule has 1 atom stereocenters. The number of hydrogen-bond donors (Lipinski definition) is 2. The zero-order valence-corrected chi connectivity index (χ0v) is 22.0. The summed E-state index contributed by atoms with van der Waals surface area (Å²) < 4.78 is 24.9. The number of carbonyl (C=O) groups excluding carboxylic acids is 3. The van der Waals surface area contributed by atoms with Crippen molar-refractivity contribution in [3.8, 4) is 5.75 Å². The summed E-state index contributed by atoms with van der Waals surface area (Å²) in [6.07, 6.45) is 3.10. The average molecular weight is 521 g/mol. The maximum absolute atomic E-state index is 14.1. The van der Waals surface area contributed by atoms with E-state index < -0.39 is 35.4 Å². The molecule has 0 aromatic heterocycles. The van der Waals surface area contributed by atoms with E-state index in [4.69, 9.17) is 9.47 Å². The van der Waals surface area contributed by atoms with Gasteiger partial charge in [0.15, 0.2) is 5.17 Å². The third-order valence-corrected chi connectivity index (χ3v) is 6.11. The third kappa shape index (κ3) is 8.06. The molecule has 1 aromatic rings. The van der Waals surface area contributed by atoms with Gasteiger partial charge in [-0.25, -0.2) is 19.4 Å². The fourth-order valence-corrected chi connectivity index (χ4v) is 4.45. The highest BCUT2D eigenvalue weighted by molar-refractivity contribution is 8.18. The topological polar surface area (TPSA) is 109 Å². The first kappa shape index (κ1) is 27.7. The second kappa shape index (κ2) is 11.9. The zero-order chi connectivity index (χ0) is 26.5. The van der Waals surface area contributed by atoms with Crippen LogP contribution < -0.4 is 15.5 Å². The molecule has 9 nitrogen and oxygen atoms in total. The molecular formula is C25H33FN4O5S. The van der Waals surface area contributed by atoms with Crippen LogP contribution in [-0.2, 0) is 14.3 Å². The standard InChI is InChI=1S/C25H33FN4O5S/c1-15(2)12-18(28-24(33)35-25(3,4)5)22(32)34-19-14-17(26)9-8-16(19)13-20-21(31)29-23(36-20)30-11-7-6-10-27-30/h8-9,13-15,18,27H,6-7,10-12H2,1-5H3,(H,28,33)/b20-13+/t18-/m0/s1. The first-order valence-electron chi connectivity index (χ1n) is 12.0. The third-order valence-electron chi connectivity index (χ3n) is 5.11. The molecular weight excluding hydrogens is 487 g/mol. The molecule has 0 spiro atoms. The van der Waals surface area contributed by atoms with E-state index in [1.807, 2.05) is 18.9 Å². The SMILES string of the molecule is CC(C)C[C@H](NC(=O)OC(C)(C)C)C(=O)Oc1cc(F)ccc1/C=C1/SC(N2CCCCN2)=NC1=O. The number of rotatable bonds is 6. The van der Waals surface area contributed by atoms with Crippen molar-refractivity contribution < 1.29 is 28.2 Å². The van der Waals surface area contributed by atoms with Gasteiger partial charge >= 0.3 is 12.1 Å². The Hall–Kier alpha value is -2.92. The van der Waals surface area contributed by atoms with Crippen LogP contribution in [0.4, 0.5) is 9.18 Å². The molecule has 1 saturated heterocycles. The van der Waals surface area contributed by atoms with Gasteiger partial charge in [0.1, 0.15) is 23.2 Å². The molecule has 1 aromatic carbocycles. The maximum atomic E-state index is 14.1. The van der Waals surface area contributed by atoms with E-state index in [1.54, 1.807) is 20.8 Å². The number of amides is 2. The van der Waals surface area contributed by atoms with Crippen LogP contribution in [0.1, 0.15) is 59.4 Å². The van der Waals surface area contributed by atoms with Crippen LogP contribution >= 0.6 is 11.8 Å². The largest absolute Gasteiger partial charge is 0.444 e. The minimum Gasteiger partial charge on any atom is -0.444 e. The lowest BCUT2D eigenvalue weighted by Crippen LogP contribution is -2.45. The van der Waals surface area contributed by atoms with Crippen LogP contribution in [0.3, 0.4) is 0 Å². The lowest BCUT2D eigenvalue weighted by atomic mass is 10.0. The fourth-order valence-electron chi connectivity index (χ4n) is 3.54. The number of hydrazine groups is 1. The van der Waals surface area contributed by atoms with Gasteiger partial charge in [0.05, 0.1) is 4.91 Å². The molecule has 1 fully saturated rings. The van der Waals surface area contributed by atoms with Crippen molar-refractivity contribution in [2.45, 2.75) is 65.5 Å². The highest BCUT2D eigenvalue weighted by Gasteiger charge is 2.29.